The topological polar surface area (TPSA) is 6.48 Å². The van der Waals surface area contributed by atoms with Crippen LogP contribution in [0.2, 0.25) is 0 Å². The van der Waals surface area contributed by atoms with Gasteiger partial charge in [0.1, 0.15) is 6.17 Å². The van der Waals surface area contributed by atoms with Gasteiger partial charge in [-0.3, -0.25) is 0 Å². The molecule has 0 saturated carbocycles. The fraction of sp³-hybridized carbons (Fsp3) is 0.667. The van der Waals surface area contributed by atoms with Gasteiger partial charge < -0.3 is 9.80 Å². The molecule has 1 heterocycles. The van der Waals surface area contributed by atoms with Crippen molar-refractivity contribution in [3.8, 4) is 0 Å². The molecule has 146 valence electrons. The van der Waals surface area contributed by atoms with E-state index in [1.54, 1.807) is 0 Å². The van der Waals surface area contributed by atoms with E-state index in [1.165, 1.54) is 82.7 Å². The first kappa shape index (κ1) is 20.9. The molecule has 0 bridgehead atoms. The molecule has 1 aromatic carbocycles. The zero-order valence-electron chi connectivity index (χ0n) is 17.2. The predicted molar refractivity (Wildman–Crippen MR) is 114 cm³/mol. The molecule has 0 amide bonds. The molecule has 0 N–H and O–H groups in total. The number of nitrogens with zero attached hydrogens (tertiary/aromatic N) is 2. The number of hydrogen-bond acceptors (Lipinski definition) is 2. The summed E-state index contributed by atoms with van der Waals surface area (Å²) in [4.78, 5) is 5.16. The molecule has 0 fully saturated rings. The standard InChI is InChI=1S/C24H40N2/c1-3-5-7-9-10-14-18-24-25(19-15-8-6-4-2)20-21-26(24)22-23-16-12-11-13-17-23/h11-13,16-17,20-21,24H,3-10,14-15,18-19,22H2,1-2H3. The molecular weight excluding hydrogens is 316 g/mol. The van der Waals surface area contributed by atoms with E-state index in [0.29, 0.717) is 6.17 Å². The number of unbranched alkanes of at least 4 members (excludes halogenated alkanes) is 8. The van der Waals surface area contributed by atoms with Gasteiger partial charge in [0.2, 0.25) is 0 Å². The Balaban J connectivity index is 1.83. The lowest BCUT2D eigenvalue weighted by molar-refractivity contribution is 0.132. The van der Waals surface area contributed by atoms with Crippen LogP contribution < -0.4 is 0 Å². The summed E-state index contributed by atoms with van der Waals surface area (Å²) in [5, 5.41) is 0. The van der Waals surface area contributed by atoms with Crippen LogP contribution in [0.15, 0.2) is 42.7 Å². The van der Waals surface area contributed by atoms with Crippen molar-refractivity contribution in [2.24, 2.45) is 0 Å². The summed E-state index contributed by atoms with van der Waals surface area (Å²) in [6.45, 7) is 6.83. The Hall–Kier alpha value is -1.44. The van der Waals surface area contributed by atoms with Crippen molar-refractivity contribution in [2.45, 2.75) is 97.2 Å². The van der Waals surface area contributed by atoms with Gasteiger partial charge >= 0.3 is 0 Å². The van der Waals surface area contributed by atoms with E-state index in [4.69, 9.17) is 0 Å². The zero-order valence-corrected chi connectivity index (χ0v) is 17.2. The van der Waals surface area contributed by atoms with Crippen molar-refractivity contribution in [3.05, 3.63) is 48.3 Å². The van der Waals surface area contributed by atoms with E-state index in [1.807, 2.05) is 0 Å². The first-order valence-electron chi connectivity index (χ1n) is 11.1. The third-order valence-electron chi connectivity index (χ3n) is 5.51. The molecule has 1 aromatic rings. The van der Waals surface area contributed by atoms with Crippen LogP contribution in [0, 0.1) is 0 Å². The van der Waals surface area contributed by atoms with Gasteiger partial charge in [-0.15, -0.1) is 0 Å². The first-order chi connectivity index (χ1) is 12.8. The van der Waals surface area contributed by atoms with Crippen LogP contribution in [-0.2, 0) is 6.54 Å². The Morgan fingerprint density at radius 2 is 1.31 bits per heavy atom. The molecule has 26 heavy (non-hydrogen) atoms. The maximum Gasteiger partial charge on any atom is 0.101 e. The maximum atomic E-state index is 2.60. The smallest absolute Gasteiger partial charge is 0.101 e. The van der Waals surface area contributed by atoms with Crippen LogP contribution in [0.3, 0.4) is 0 Å². The summed E-state index contributed by atoms with van der Waals surface area (Å²) in [6.07, 6.45) is 20.2. The van der Waals surface area contributed by atoms with Crippen molar-refractivity contribution >= 4 is 0 Å². The predicted octanol–water partition coefficient (Wildman–Crippen LogP) is 6.93. The van der Waals surface area contributed by atoms with E-state index >= 15 is 0 Å². The molecule has 2 rings (SSSR count). The molecule has 0 spiro atoms. The summed E-state index contributed by atoms with van der Waals surface area (Å²) < 4.78 is 0. The molecule has 1 aliphatic heterocycles. The normalized spacial score (nSPS) is 16.6. The van der Waals surface area contributed by atoms with Gasteiger partial charge in [0.05, 0.1) is 0 Å². The zero-order chi connectivity index (χ0) is 18.5. The second-order valence-corrected chi connectivity index (χ2v) is 7.79. The second-order valence-electron chi connectivity index (χ2n) is 7.79. The first-order valence-corrected chi connectivity index (χ1v) is 11.1. The van der Waals surface area contributed by atoms with Crippen molar-refractivity contribution in [2.75, 3.05) is 6.54 Å². The van der Waals surface area contributed by atoms with Crippen LogP contribution >= 0.6 is 0 Å². The second kappa shape index (κ2) is 12.8. The van der Waals surface area contributed by atoms with Crippen molar-refractivity contribution < 1.29 is 0 Å². The van der Waals surface area contributed by atoms with Gasteiger partial charge in [0.15, 0.2) is 0 Å². The Kier molecular flexibility index (Phi) is 10.3. The highest BCUT2D eigenvalue weighted by Gasteiger charge is 2.25. The van der Waals surface area contributed by atoms with Gasteiger partial charge in [0.25, 0.3) is 0 Å². The molecule has 0 saturated heterocycles. The highest BCUT2D eigenvalue weighted by molar-refractivity contribution is 5.15. The molecule has 2 heteroatoms. The molecule has 1 atom stereocenters. The van der Waals surface area contributed by atoms with E-state index in [-0.39, 0.29) is 0 Å². The van der Waals surface area contributed by atoms with E-state index in [9.17, 15) is 0 Å². The van der Waals surface area contributed by atoms with Gasteiger partial charge in [0, 0.05) is 25.5 Å². The summed E-state index contributed by atoms with van der Waals surface area (Å²) >= 11 is 0. The molecule has 1 aliphatic rings. The van der Waals surface area contributed by atoms with Gasteiger partial charge in [-0.1, -0.05) is 95.5 Å². The lowest BCUT2D eigenvalue weighted by Gasteiger charge is -2.33. The molecule has 1 unspecified atom stereocenters. The Labute approximate surface area is 162 Å². The van der Waals surface area contributed by atoms with Crippen molar-refractivity contribution in [1.82, 2.24) is 9.80 Å². The van der Waals surface area contributed by atoms with Crippen LogP contribution in [0.5, 0.6) is 0 Å². The SMILES string of the molecule is CCCCCCCCC1N(CCCCCC)C=CN1Cc1ccccc1. The minimum atomic E-state index is 0.558. The largest absolute Gasteiger partial charge is 0.356 e. The molecule has 0 aromatic heterocycles. The van der Waals surface area contributed by atoms with Gasteiger partial charge in [-0.2, -0.15) is 0 Å². The summed E-state index contributed by atoms with van der Waals surface area (Å²) in [6, 6.07) is 10.9. The van der Waals surface area contributed by atoms with E-state index < -0.39 is 0 Å². The highest BCUT2D eigenvalue weighted by Crippen LogP contribution is 2.24. The average Bonchev–Trinajstić information content (AvgIpc) is 3.04. The highest BCUT2D eigenvalue weighted by atomic mass is 15.4. The van der Waals surface area contributed by atoms with E-state index in [2.05, 4.69) is 66.4 Å². The van der Waals surface area contributed by atoms with Crippen LogP contribution in [0.25, 0.3) is 0 Å². The van der Waals surface area contributed by atoms with Crippen molar-refractivity contribution in [3.63, 3.8) is 0 Å². The maximum absolute atomic E-state index is 2.60. The van der Waals surface area contributed by atoms with Crippen LogP contribution in [0.1, 0.15) is 90.0 Å². The van der Waals surface area contributed by atoms with Crippen LogP contribution in [-0.4, -0.2) is 22.5 Å². The molecule has 0 radical (unpaired) electrons. The number of hydrogen-bond donors (Lipinski definition) is 0. The minimum Gasteiger partial charge on any atom is -0.356 e. The fourth-order valence-corrected chi connectivity index (χ4v) is 3.90. The Morgan fingerprint density at radius 1 is 0.692 bits per heavy atom. The molecular formula is C24H40N2. The average molecular weight is 357 g/mol. The minimum absolute atomic E-state index is 0.558. The van der Waals surface area contributed by atoms with Crippen molar-refractivity contribution in [1.29, 1.82) is 0 Å². The lowest BCUT2D eigenvalue weighted by atomic mass is 10.1. The molecule has 0 aliphatic carbocycles. The Bertz CT molecular complexity index is 482. The van der Waals surface area contributed by atoms with Gasteiger partial charge in [-0.25, -0.2) is 0 Å². The van der Waals surface area contributed by atoms with Crippen LogP contribution in [0.4, 0.5) is 0 Å². The third kappa shape index (κ3) is 7.43. The van der Waals surface area contributed by atoms with Gasteiger partial charge in [-0.05, 0) is 24.8 Å². The third-order valence-corrected chi connectivity index (χ3v) is 5.51. The summed E-state index contributed by atoms with van der Waals surface area (Å²) in [7, 11) is 0. The molecule has 2 nitrogen and oxygen atoms in total. The summed E-state index contributed by atoms with van der Waals surface area (Å²) in [5.41, 5.74) is 1.41. The number of benzene rings is 1. The Morgan fingerprint density at radius 3 is 2.04 bits per heavy atom. The van der Waals surface area contributed by atoms with E-state index in [0.717, 1.165) is 6.54 Å². The lowest BCUT2D eigenvalue weighted by Crippen LogP contribution is -2.38. The monoisotopic (exact) mass is 356 g/mol. The fourth-order valence-electron chi connectivity index (χ4n) is 3.90. The quantitative estimate of drug-likeness (QED) is 0.333. The summed E-state index contributed by atoms with van der Waals surface area (Å²) in [5.74, 6) is 0. The number of rotatable bonds is 14.